The van der Waals surface area contributed by atoms with Crippen LogP contribution in [0.4, 0.5) is 5.82 Å². The van der Waals surface area contributed by atoms with Gasteiger partial charge in [0, 0.05) is 6.54 Å². The van der Waals surface area contributed by atoms with Crippen LogP contribution in [0.5, 0.6) is 0 Å². The van der Waals surface area contributed by atoms with Crippen LogP contribution in [0.2, 0.25) is 0 Å². The second kappa shape index (κ2) is 5.66. The van der Waals surface area contributed by atoms with Crippen molar-refractivity contribution in [2.75, 3.05) is 18.2 Å². The van der Waals surface area contributed by atoms with Gasteiger partial charge >= 0.3 is 0 Å². The van der Waals surface area contributed by atoms with E-state index in [1.54, 1.807) is 11.3 Å². The van der Waals surface area contributed by atoms with Crippen LogP contribution in [0.1, 0.15) is 38.1 Å². The first-order chi connectivity index (χ1) is 9.65. The largest absolute Gasteiger partial charge is 0.272 e. The zero-order valence-corrected chi connectivity index (χ0v) is 13.2. The minimum Gasteiger partial charge on any atom is -0.272 e. The van der Waals surface area contributed by atoms with Crippen molar-refractivity contribution in [3.63, 3.8) is 0 Å². The Balaban J connectivity index is 2.09. The maximum Gasteiger partial charge on any atom is 0.165 e. The average Bonchev–Trinajstić information content (AvgIpc) is 2.81. The van der Waals surface area contributed by atoms with Gasteiger partial charge in [-0.3, -0.25) is 4.84 Å². The monoisotopic (exact) mass is 291 g/mol. The fourth-order valence-electron chi connectivity index (χ4n) is 2.62. The van der Waals surface area contributed by atoms with Gasteiger partial charge in [-0.25, -0.2) is 15.0 Å². The molecule has 20 heavy (non-hydrogen) atoms. The summed E-state index contributed by atoms with van der Waals surface area (Å²) >= 11 is 1.71. The third-order valence-corrected chi connectivity index (χ3v) is 4.39. The first-order valence-corrected chi connectivity index (χ1v) is 8.18. The Hall–Kier alpha value is -1.20. The summed E-state index contributed by atoms with van der Waals surface area (Å²) in [6.45, 7) is 8.15. The molecule has 3 heterocycles. The number of hydroxylamine groups is 1. The van der Waals surface area contributed by atoms with Gasteiger partial charge in [-0.1, -0.05) is 13.8 Å². The molecule has 2 aromatic rings. The van der Waals surface area contributed by atoms with E-state index in [4.69, 9.17) is 4.84 Å². The molecule has 5 heteroatoms. The molecule has 0 radical (unpaired) electrons. The van der Waals surface area contributed by atoms with Gasteiger partial charge in [0.2, 0.25) is 0 Å². The van der Waals surface area contributed by atoms with Crippen molar-refractivity contribution in [2.45, 2.75) is 40.0 Å². The number of rotatable bonds is 3. The van der Waals surface area contributed by atoms with E-state index >= 15 is 0 Å². The molecule has 3 rings (SSSR count). The molecule has 0 N–H and O–H groups in total. The van der Waals surface area contributed by atoms with Gasteiger partial charge in [0.15, 0.2) is 5.82 Å². The van der Waals surface area contributed by atoms with Crippen molar-refractivity contribution in [1.82, 2.24) is 9.97 Å². The van der Waals surface area contributed by atoms with Crippen LogP contribution in [0, 0.1) is 12.8 Å². The maximum atomic E-state index is 5.80. The molecule has 0 bridgehead atoms. The Kier molecular flexibility index (Phi) is 3.89. The van der Waals surface area contributed by atoms with Crippen molar-refractivity contribution in [3.05, 3.63) is 16.8 Å². The smallest absolute Gasteiger partial charge is 0.165 e. The maximum absolute atomic E-state index is 5.80. The number of anilines is 1. The third kappa shape index (κ3) is 2.65. The molecule has 1 aliphatic rings. The van der Waals surface area contributed by atoms with E-state index < -0.39 is 0 Å². The summed E-state index contributed by atoms with van der Waals surface area (Å²) in [6.07, 6.45) is 3.35. The van der Waals surface area contributed by atoms with E-state index in [0.717, 1.165) is 48.9 Å². The fourth-order valence-corrected chi connectivity index (χ4v) is 3.61. The van der Waals surface area contributed by atoms with Crippen molar-refractivity contribution < 1.29 is 4.84 Å². The zero-order valence-electron chi connectivity index (χ0n) is 12.3. The van der Waals surface area contributed by atoms with Gasteiger partial charge in [-0.2, -0.15) is 0 Å². The van der Waals surface area contributed by atoms with Gasteiger partial charge in [0.25, 0.3) is 0 Å². The molecular weight excluding hydrogens is 270 g/mol. The average molecular weight is 291 g/mol. The summed E-state index contributed by atoms with van der Waals surface area (Å²) in [6, 6.07) is 0. The Bertz CT molecular complexity index is 602. The van der Waals surface area contributed by atoms with E-state index in [2.05, 4.69) is 29.2 Å². The highest BCUT2D eigenvalue weighted by Crippen LogP contribution is 2.34. The normalized spacial score (nSPS) is 16.3. The summed E-state index contributed by atoms with van der Waals surface area (Å²) in [5, 5.41) is 5.39. The SMILES string of the molecule is Cc1nc(N2CCCCO2)c2c(CC(C)C)csc2n1. The minimum absolute atomic E-state index is 0.629. The Morgan fingerprint density at radius 1 is 1.35 bits per heavy atom. The van der Waals surface area contributed by atoms with Crippen LogP contribution < -0.4 is 5.06 Å². The highest BCUT2D eigenvalue weighted by molar-refractivity contribution is 7.17. The number of aromatic nitrogens is 2. The van der Waals surface area contributed by atoms with Crippen molar-refractivity contribution in [1.29, 1.82) is 0 Å². The lowest BCUT2D eigenvalue weighted by molar-refractivity contribution is 0.0766. The van der Waals surface area contributed by atoms with Crippen LogP contribution in [-0.2, 0) is 11.3 Å². The van der Waals surface area contributed by atoms with Crippen LogP contribution >= 0.6 is 11.3 Å². The first kappa shape index (κ1) is 13.8. The fraction of sp³-hybridized carbons (Fsp3) is 0.600. The molecule has 0 spiro atoms. The molecule has 1 saturated heterocycles. The zero-order chi connectivity index (χ0) is 14.1. The second-order valence-electron chi connectivity index (χ2n) is 5.78. The molecule has 0 aromatic carbocycles. The predicted octanol–water partition coefficient (Wildman–Crippen LogP) is 3.73. The Morgan fingerprint density at radius 2 is 2.20 bits per heavy atom. The molecule has 0 aliphatic carbocycles. The Labute approximate surface area is 123 Å². The van der Waals surface area contributed by atoms with Crippen LogP contribution in [0.3, 0.4) is 0 Å². The standard InChI is InChI=1S/C15H21N3OS/c1-10(2)8-12-9-20-15-13(12)14(16-11(3)17-15)18-6-4-5-7-19-18/h9-10H,4-8H2,1-3H3. The highest BCUT2D eigenvalue weighted by atomic mass is 32.1. The van der Waals surface area contributed by atoms with E-state index in [1.165, 1.54) is 10.9 Å². The highest BCUT2D eigenvalue weighted by Gasteiger charge is 2.21. The number of nitrogens with zero attached hydrogens (tertiary/aromatic N) is 3. The number of fused-ring (bicyclic) bond motifs is 1. The van der Waals surface area contributed by atoms with Crippen molar-refractivity contribution in [3.8, 4) is 0 Å². The molecule has 4 nitrogen and oxygen atoms in total. The van der Waals surface area contributed by atoms with Gasteiger partial charge in [0.1, 0.15) is 10.7 Å². The van der Waals surface area contributed by atoms with E-state index in [9.17, 15) is 0 Å². The van der Waals surface area contributed by atoms with Crippen LogP contribution in [-0.4, -0.2) is 23.1 Å². The lowest BCUT2D eigenvalue weighted by Gasteiger charge is -2.27. The van der Waals surface area contributed by atoms with Gasteiger partial charge in [0.05, 0.1) is 12.0 Å². The summed E-state index contributed by atoms with van der Waals surface area (Å²) in [7, 11) is 0. The molecule has 0 saturated carbocycles. The minimum atomic E-state index is 0.629. The lowest BCUT2D eigenvalue weighted by atomic mass is 10.0. The number of aryl methyl sites for hydroxylation is 1. The number of hydrogen-bond acceptors (Lipinski definition) is 5. The van der Waals surface area contributed by atoms with Gasteiger partial charge in [-0.15, -0.1) is 11.3 Å². The molecule has 0 atom stereocenters. The summed E-state index contributed by atoms with van der Waals surface area (Å²) in [5.74, 6) is 2.41. The van der Waals surface area contributed by atoms with Crippen LogP contribution in [0.15, 0.2) is 5.38 Å². The summed E-state index contributed by atoms with van der Waals surface area (Å²) in [5.41, 5.74) is 1.35. The Morgan fingerprint density at radius 3 is 2.90 bits per heavy atom. The third-order valence-electron chi connectivity index (χ3n) is 3.47. The molecule has 1 aliphatic heterocycles. The number of hydrogen-bond donors (Lipinski definition) is 0. The van der Waals surface area contributed by atoms with Gasteiger partial charge in [-0.05, 0) is 43.0 Å². The summed E-state index contributed by atoms with van der Waals surface area (Å²) in [4.78, 5) is 16.1. The predicted molar refractivity (Wildman–Crippen MR) is 83.2 cm³/mol. The van der Waals surface area contributed by atoms with Gasteiger partial charge < -0.3 is 0 Å². The molecule has 0 amide bonds. The second-order valence-corrected chi connectivity index (χ2v) is 6.63. The van der Waals surface area contributed by atoms with Crippen molar-refractivity contribution >= 4 is 27.4 Å². The first-order valence-electron chi connectivity index (χ1n) is 7.30. The van der Waals surface area contributed by atoms with E-state index in [0.29, 0.717) is 5.92 Å². The summed E-state index contributed by atoms with van der Waals surface area (Å²) < 4.78 is 0. The van der Waals surface area contributed by atoms with Crippen LogP contribution in [0.25, 0.3) is 10.2 Å². The molecular formula is C15H21N3OS. The molecule has 0 unspecified atom stereocenters. The number of thiophene rings is 1. The topological polar surface area (TPSA) is 38.2 Å². The molecule has 2 aromatic heterocycles. The molecule has 108 valence electrons. The van der Waals surface area contributed by atoms with E-state index in [1.807, 2.05) is 12.0 Å². The quantitative estimate of drug-likeness (QED) is 0.863. The lowest BCUT2D eigenvalue weighted by Crippen LogP contribution is -2.31. The van der Waals surface area contributed by atoms with Crippen molar-refractivity contribution in [2.24, 2.45) is 5.92 Å². The molecule has 1 fully saturated rings. The van der Waals surface area contributed by atoms with E-state index in [-0.39, 0.29) is 0 Å².